The van der Waals surface area contributed by atoms with Crippen molar-refractivity contribution in [1.29, 1.82) is 0 Å². The summed E-state index contributed by atoms with van der Waals surface area (Å²) in [7, 11) is 0. The summed E-state index contributed by atoms with van der Waals surface area (Å²) in [4.78, 5) is 25.6. The van der Waals surface area contributed by atoms with E-state index in [1.807, 2.05) is 18.2 Å². The van der Waals surface area contributed by atoms with Gasteiger partial charge in [0.05, 0.1) is 12.0 Å². The number of carbonyl (C=O) groups is 2. The molecule has 136 valence electrons. The Labute approximate surface area is 153 Å². The molecular formula is C21H24N2O3. The van der Waals surface area contributed by atoms with Crippen molar-refractivity contribution in [3.63, 3.8) is 0 Å². The number of aromatic carboxylic acids is 1. The smallest absolute Gasteiger partial charge is 0.335 e. The Morgan fingerprint density at radius 1 is 1.12 bits per heavy atom. The first-order valence-electron chi connectivity index (χ1n) is 9.01. The van der Waals surface area contributed by atoms with E-state index in [9.17, 15) is 9.59 Å². The van der Waals surface area contributed by atoms with Gasteiger partial charge < -0.3 is 15.3 Å². The van der Waals surface area contributed by atoms with Gasteiger partial charge in [-0.15, -0.1) is 0 Å². The molecule has 1 amide bonds. The van der Waals surface area contributed by atoms with Crippen molar-refractivity contribution in [3.8, 4) is 0 Å². The fourth-order valence-corrected chi connectivity index (χ4v) is 3.43. The van der Waals surface area contributed by atoms with Crippen molar-refractivity contribution in [2.45, 2.75) is 19.3 Å². The van der Waals surface area contributed by atoms with Crippen LogP contribution in [0.3, 0.4) is 0 Å². The quantitative estimate of drug-likeness (QED) is 0.839. The van der Waals surface area contributed by atoms with Crippen LogP contribution >= 0.6 is 0 Å². The SMILES string of the molecule is O=C(Cc1cccc(C(=O)O)c1)NCC1CCCN(c2ccccc2)C1. The minimum absolute atomic E-state index is 0.0654. The van der Waals surface area contributed by atoms with Gasteiger partial charge in [0.1, 0.15) is 0 Å². The van der Waals surface area contributed by atoms with Crippen LogP contribution in [0.15, 0.2) is 54.6 Å². The minimum atomic E-state index is -0.976. The fourth-order valence-electron chi connectivity index (χ4n) is 3.43. The Morgan fingerprint density at radius 2 is 1.92 bits per heavy atom. The molecule has 2 N–H and O–H groups in total. The van der Waals surface area contributed by atoms with E-state index in [2.05, 4.69) is 22.3 Å². The van der Waals surface area contributed by atoms with E-state index in [4.69, 9.17) is 5.11 Å². The molecule has 2 aromatic rings. The van der Waals surface area contributed by atoms with E-state index in [0.29, 0.717) is 12.5 Å². The summed E-state index contributed by atoms with van der Waals surface area (Å²) in [6.45, 7) is 2.65. The van der Waals surface area contributed by atoms with Crippen molar-refractivity contribution in [2.24, 2.45) is 5.92 Å². The summed E-state index contributed by atoms with van der Waals surface area (Å²) < 4.78 is 0. The van der Waals surface area contributed by atoms with Crippen LogP contribution in [0.2, 0.25) is 0 Å². The first-order chi connectivity index (χ1) is 12.6. The Balaban J connectivity index is 1.50. The highest BCUT2D eigenvalue weighted by Crippen LogP contribution is 2.22. The Morgan fingerprint density at radius 3 is 2.69 bits per heavy atom. The monoisotopic (exact) mass is 352 g/mol. The van der Waals surface area contributed by atoms with E-state index in [-0.39, 0.29) is 17.9 Å². The molecule has 26 heavy (non-hydrogen) atoms. The first kappa shape index (κ1) is 18.0. The number of anilines is 1. The normalized spacial score (nSPS) is 16.9. The Hall–Kier alpha value is -2.82. The van der Waals surface area contributed by atoms with Crippen molar-refractivity contribution in [1.82, 2.24) is 5.32 Å². The Kier molecular flexibility index (Phi) is 5.89. The molecule has 1 fully saturated rings. The molecule has 1 heterocycles. The van der Waals surface area contributed by atoms with Gasteiger partial charge in [0.2, 0.25) is 5.91 Å². The lowest BCUT2D eigenvalue weighted by atomic mass is 9.97. The third-order valence-corrected chi connectivity index (χ3v) is 4.77. The lowest BCUT2D eigenvalue weighted by molar-refractivity contribution is -0.120. The van der Waals surface area contributed by atoms with Gasteiger partial charge in [-0.05, 0) is 48.6 Å². The number of amides is 1. The van der Waals surface area contributed by atoms with Crippen molar-refractivity contribution in [2.75, 3.05) is 24.5 Å². The summed E-state index contributed by atoms with van der Waals surface area (Å²) in [5, 5.41) is 12.0. The zero-order valence-corrected chi connectivity index (χ0v) is 14.7. The summed E-state index contributed by atoms with van der Waals surface area (Å²) in [5.41, 5.74) is 2.16. The molecule has 1 aliphatic rings. The number of para-hydroxylation sites is 1. The highest BCUT2D eigenvalue weighted by Gasteiger charge is 2.20. The molecule has 1 saturated heterocycles. The topological polar surface area (TPSA) is 69.6 Å². The van der Waals surface area contributed by atoms with Crippen molar-refractivity contribution >= 4 is 17.6 Å². The highest BCUT2D eigenvalue weighted by atomic mass is 16.4. The number of carboxylic acids is 1. The largest absolute Gasteiger partial charge is 0.478 e. The molecule has 5 nitrogen and oxygen atoms in total. The molecule has 0 radical (unpaired) electrons. The number of carboxylic acid groups (broad SMARTS) is 1. The van der Waals surface area contributed by atoms with Crippen LogP contribution < -0.4 is 10.2 Å². The van der Waals surface area contributed by atoms with Crippen molar-refractivity contribution < 1.29 is 14.7 Å². The first-order valence-corrected chi connectivity index (χ1v) is 9.01. The number of nitrogens with zero attached hydrogens (tertiary/aromatic N) is 1. The maximum atomic E-state index is 12.2. The number of nitrogens with one attached hydrogen (secondary N) is 1. The molecule has 0 spiro atoms. The van der Waals surface area contributed by atoms with Gasteiger partial charge in [0.25, 0.3) is 0 Å². The van der Waals surface area contributed by atoms with Gasteiger partial charge >= 0.3 is 5.97 Å². The number of benzene rings is 2. The average molecular weight is 352 g/mol. The molecule has 2 aromatic carbocycles. The highest BCUT2D eigenvalue weighted by molar-refractivity contribution is 5.88. The summed E-state index contributed by atoms with van der Waals surface area (Å²) in [6.07, 6.45) is 2.43. The second-order valence-corrected chi connectivity index (χ2v) is 6.78. The van der Waals surface area contributed by atoms with Crippen LogP contribution in [0.25, 0.3) is 0 Å². The second kappa shape index (κ2) is 8.52. The molecule has 1 atom stereocenters. The van der Waals surface area contributed by atoms with E-state index in [0.717, 1.165) is 31.5 Å². The molecular weight excluding hydrogens is 328 g/mol. The van der Waals surface area contributed by atoms with Crippen LogP contribution in [0.4, 0.5) is 5.69 Å². The number of hydrogen-bond acceptors (Lipinski definition) is 3. The van der Waals surface area contributed by atoms with Crippen LogP contribution in [-0.4, -0.2) is 36.6 Å². The number of carbonyl (C=O) groups excluding carboxylic acids is 1. The number of piperidine rings is 1. The fraction of sp³-hybridized carbons (Fsp3) is 0.333. The zero-order valence-electron chi connectivity index (χ0n) is 14.7. The van der Waals surface area contributed by atoms with E-state index in [1.165, 1.54) is 11.8 Å². The molecule has 1 aliphatic heterocycles. The average Bonchev–Trinajstić information content (AvgIpc) is 2.67. The lowest BCUT2D eigenvalue weighted by Crippen LogP contribution is -2.41. The molecule has 0 aliphatic carbocycles. The van der Waals surface area contributed by atoms with Crippen LogP contribution in [0, 0.1) is 5.92 Å². The third kappa shape index (κ3) is 4.85. The maximum absolute atomic E-state index is 12.2. The van der Waals surface area contributed by atoms with Gasteiger partial charge in [-0.1, -0.05) is 30.3 Å². The Bertz CT molecular complexity index is 761. The van der Waals surface area contributed by atoms with Crippen LogP contribution in [0.5, 0.6) is 0 Å². The van der Waals surface area contributed by atoms with E-state index >= 15 is 0 Å². The van der Waals surface area contributed by atoms with Crippen LogP contribution in [-0.2, 0) is 11.2 Å². The van der Waals surface area contributed by atoms with Gasteiger partial charge in [-0.3, -0.25) is 4.79 Å². The molecule has 0 aromatic heterocycles. The number of rotatable bonds is 6. The van der Waals surface area contributed by atoms with Gasteiger partial charge in [0.15, 0.2) is 0 Å². The minimum Gasteiger partial charge on any atom is -0.478 e. The summed E-state index contributed by atoms with van der Waals surface area (Å²) in [6, 6.07) is 16.9. The predicted molar refractivity (Wildman–Crippen MR) is 101 cm³/mol. The molecule has 1 unspecified atom stereocenters. The predicted octanol–water partition coefficient (Wildman–Crippen LogP) is 2.96. The van der Waals surface area contributed by atoms with Crippen LogP contribution in [0.1, 0.15) is 28.8 Å². The van der Waals surface area contributed by atoms with E-state index < -0.39 is 5.97 Å². The van der Waals surface area contributed by atoms with Gasteiger partial charge in [-0.2, -0.15) is 0 Å². The third-order valence-electron chi connectivity index (χ3n) is 4.77. The number of hydrogen-bond donors (Lipinski definition) is 2. The molecule has 0 bridgehead atoms. The standard InChI is InChI=1S/C21H24N2O3/c24-20(13-16-6-4-8-18(12-16)21(25)26)22-14-17-7-5-11-23(15-17)19-9-2-1-3-10-19/h1-4,6,8-10,12,17H,5,7,11,13-15H2,(H,22,24)(H,25,26). The molecule has 0 saturated carbocycles. The van der Waals surface area contributed by atoms with Crippen molar-refractivity contribution in [3.05, 3.63) is 65.7 Å². The molecule has 3 rings (SSSR count). The second-order valence-electron chi connectivity index (χ2n) is 6.78. The lowest BCUT2D eigenvalue weighted by Gasteiger charge is -2.34. The summed E-state index contributed by atoms with van der Waals surface area (Å²) in [5.74, 6) is -0.613. The van der Waals surface area contributed by atoms with E-state index in [1.54, 1.807) is 18.2 Å². The summed E-state index contributed by atoms with van der Waals surface area (Å²) >= 11 is 0. The van der Waals surface area contributed by atoms with Gasteiger partial charge in [0, 0.05) is 25.3 Å². The van der Waals surface area contributed by atoms with Gasteiger partial charge in [-0.25, -0.2) is 4.79 Å². The molecule has 5 heteroatoms. The zero-order chi connectivity index (χ0) is 18.4. The maximum Gasteiger partial charge on any atom is 0.335 e.